The van der Waals surface area contributed by atoms with Crippen LogP contribution in [-0.4, -0.2) is 24.8 Å². The standard InChI is InChI=1S/C23H17N5O2S2/c1-12-3-4-15(9-13(12)2)22-25-19-11-16(6-8-20(19)30-22)24-23(31)26-21(29)14-5-7-17-18(10-14)28-32-27-17/h3-11H,1-2H3,(H2,24,26,29,31). The lowest BCUT2D eigenvalue weighted by Gasteiger charge is -2.09. The van der Waals surface area contributed by atoms with E-state index >= 15 is 0 Å². The van der Waals surface area contributed by atoms with Gasteiger partial charge >= 0.3 is 0 Å². The van der Waals surface area contributed by atoms with Crippen molar-refractivity contribution in [3.05, 3.63) is 71.3 Å². The van der Waals surface area contributed by atoms with Crippen molar-refractivity contribution in [1.82, 2.24) is 19.0 Å². The normalized spacial score (nSPS) is 11.1. The highest BCUT2D eigenvalue weighted by Gasteiger charge is 2.12. The number of rotatable bonds is 3. The van der Waals surface area contributed by atoms with E-state index in [9.17, 15) is 4.79 Å². The average Bonchev–Trinajstić information content (AvgIpc) is 3.41. The molecule has 1 amide bonds. The Morgan fingerprint density at radius 3 is 2.62 bits per heavy atom. The number of fused-ring (bicyclic) bond motifs is 2. The maximum Gasteiger partial charge on any atom is 0.257 e. The second-order valence-electron chi connectivity index (χ2n) is 7.38. The van der Waals surface area contributed by atoms with Gasteiger partial charge in [0, 0.05) is 16.8 Å². The molecule has 0 aliphatic carbocycles. The summed E-state index contributed by atoms with van der Waals surface area (Å²) in [6.45, 7) is 4.13. The first-order chi connectivity index (χ1) is 15.5. The number of amides is 1. The third-order valence-corrected chi connectivity index (χ3v) is 5.90. The Bertz CT molecular complexity index is 1510. The summed E-state index contributed by atoms with van der Waals surface area (Å²) >= 11 is 6.42. The fourth-order valence-corrected chi connectivity index (χ4v) is 3.99. The number of anilines is 1. The first-order valence-electron chi connectivity index (χ1n) is 9.79. The lowest BCUT2D eigenvalue weighted by molar-refractivity contribution is 0.0978. The van der Waals surface area contributed by atoms with E-state index in [1.165, 1.54) is 11.1 Å². The molecule has 0 aliphatic rings. The Balaban J connectivity index is 1.31. The second kappa shape index (κ2) is 8.10. The number of hydrogen-bond donors (Lipinski definition) is 2. The Hall–Kier alpha value is -3.69. The van der Waals surface area contributed by atoms with Crippen LogP contribution in [0.15, 0.2) is 59.0 Å². The van der Waals surface area contributed by atoms with Crippen LogP contribution in [-0.2, 0) is 0 Å². The number of benzene rings is 3. The molecule has 0 atom stereocenters. The Morgan fingerprint density at radius 1 is 0.938 bits per heavy atom. The molecule has 158 valence electrons. The average molecular weight is 460 g/mol. The predicted octanol–water partition coefficient (Wildman–Crippen LogP) is 5.24. The Morgan fingerprint density at radius 2 is 1.78 bits per heavy atom. The second-order valence-corrected chi connectivity index (χ2v) is 8.31. The van der Waals surface area contributed by atoms with E-state index in [-0.39, 0.29) is 11.0 Å². The SMILES string of the molecule is Cc1ccc(-c2nc3cc(NC(=S)NC(=O)c4ccc5nsnc5c4)ccc3o2)cc1C. The summed E-state index contributed by atoms with van der Waals surface area (Å²) in [6.07, 6.45) is 0. The van der Waals surface area contributed by atoms with Crippen LogP contribution in [0.2, 0.25) is 0 Å². The van der Waals surface area contributed by atoms with Crippen molar-refractivity contribution in [3.8, 4) is 11.5 Å². The zero-order valence-electron chi connectivity index (χ0n) is 17.2. The molecule has 0 aliphatic heterocycles. The van der Waals surface area contributed by atoms with E-state index in [0.717, 1.165) is 22.8 Å². The summed E-state index contributed by atoms with van der Waals surface area (Å²) < 4.78 is 14.2. The van der Waals surface area contributed by atoms with Crippen LogP contribution in [0.4, 0.5) is 5.69 Å². The summed E-state index contributed by atoms with van der Waals surface area (Å²) in [5, 5.41) is 5.89. The van der Waals surface area contributed by atoms with Gasteiger partial charge in [0.1, 0.15) is 16.6 Å². The number of thiocarbonyl (C=S) groups is 1. The molecule has 0 unspecified atom stereocenters. The highest BCUT2D eigenvalue weighted by Crippen LogP contribution is 2.27. The quantitative estimate of drug-likeness (QED) is 0.356. The maximum absolute atomic E-state index is 12.5. The summed E-state index contributed by atoms with van der Waals surface area (Å²) in [6, 6.07) is 16.7. The van der Waals surface area contributed by atoms with E-state index in [4.69, 9.17) is 16.6 Å². The van der Waals surface area contributed by atoms with Crippen LogP contribution in [0, 0.1) is 13.8 Å². The van der Waals surface area contributed by atoms with Crippen LogP contribution in [0.25, 0.3) is 33.6 Å². The number of hydrogen-bond acceptors (Lipinski definition) is 7. The molecule has 2 N–H and O–H groups in total. The van der Waals surface area contributed by atoms with Crippen molar-refractivity contribution < 1.29 is 9.21 Å². The van der Waals surface area contributed by atoms with Crippen LogP contribution in [0.3, 0.4) is 0 Å². The molecule has 5 rings (SSSR count). The third-order valence-electron chi connectivity index (χ3n) is 5.14. The van der Waals surface area contributed by atoms with Crippen LogP contribution in [0.5, 0.6) is 0 Å². The number of aromatic nitrogens is 3. The molecule has 5 aromatic rings. The first kappa shape index (κ1) is 20.2. The van der Waals surface area contributed by atoms with E-state index < -0.39 is 0 Å². The molecule has 9 heteroatoms. The minimum absolute atomic E-state index is 0.184. The summed E-state index contributed by atoms with van der Waals surface area (Å²) in [5.41, 5.74) is 7.28. The molecular weight excluding hydrogens is 442 g/mol. The monoisotopic (exact) mass is 459 g/mol. The van der Waals surface area contributed by atoms with Gasteiger partial charge in [0.2, 0.25) is 5.89 Å². The minimum Gasteiger partial charge on any atom is -0.436 e. The van der Waals surface area contributed by atoms with Gasteiger partial charge in [-0.2, -0.15) is 8.75 Å². The number of carbonyl (C=O) groups is 1. The molecule has 32 heavy (non-hydrogen) atoms. The molecule has 0 saturated heterocycles. The lowest BCUT2D eigenvalue weighted by Crippen LogP contribution is -2.34. The zero-order valence-corrected chi connectivity index (χ0v) is 18.8. The van der Waals surface area contributed by atoms with Crippen molar-refractivity contribution in [2.24, 2.45) is 0 Å². The smallest absolute Gasteiger partial charge is 0.257 e. The van der Waals surface area contributed by atoms with Gasteiger partial charge in [-0.1, -0.05) is 6.07 Å². The van der Waals surface area contributed by atoms with E-state index in [1.807, 2.05) is 24.3 Å². The summed E-state index contributed by atoms with van der Waals surface area (Å²) in [5.74, 6) is 0.236. The molecule has 0 bridgehead atoms. The van der Waals surface area contributed by atoms with Crippen molar-refractivity contribution in [2.45, 2.75) is 13.8 Å². The molecule has 7 nitrogen and oxygen atoms in total. The van der Waals surface area contributed by atoms with Gasteiger partial charge in [-0.25, -0.2) is 4.98 Å². The van der Waals surface area contributed by atoms with Crippen LogP contribution >= 0.6 is 23.9 Å². The summed E-state index contributed by atoms with van der Waals surface area (Å²) in [4.78, 5) is 17.1. The van der Waals surface area contributed by atoms with Gasteiger partial charge in [0.05, 0.1) is 11.7 Å². The number of oxazole rings is 1. The van der Waals surface area contributed by atoms with Gasteiger partial charge < -0.3 is 9.73 Å². The largest absolute Gasteiger partial charge is 0.436 e. The number of carbonyl (C=O) groups excluding carboxylic acids is 1. The highest BCUT2D eigenvalue weighted by molar-refractivity contribution is 7.80. The first-order valence-corrected chi connectivity index (χ1v) is 10.9. The Kier molecular flexibility index (Phi) is 5.12. The molecule has 2 heterocycles. The predicted molar refractivity (Wildman–Crippen MR) is 130 cm³/mol. The van der Waals surface area contributed by atoms with E-state index in [0.29, 0.717) is 33.8 Å². The van der Waals surface area contributed by atoms with Gasteiger partial charge in [0.15, 0.2) is 10.7 Å². The number of nitrogens with one attached hydrogen (secondary N) is 2. The molecule has 0 fully saturated rings. The molecule has 0 spiro atoms. The zero-order chi connectivity index (χ0) is 22.2. The highest BCUT2D eigenvalue weighted by atomic mass is 32.1. The fraction of sp³-hybridized carbons (Fsp3) is 0.0870. The van der Waals surface area contributed by atoms with Crippen LogP contribution in [0.1, 0.15) is 21.5 Å². The van der Waals surface area contributed by atoms with Gasteiger partial charge in [-0.05, 0) is 85.7 Å². The van der Waals surface area contributed by atoms with Gasteiger partial charge in [0.25, 0.3) is 5.91 Å². The van der Waals surface area contributed by atoms with E-state index in [2.05, 4.69) is 50.3 Å². The molecule has 0 radical (unpaired) electrons. The lowest BCUT2D eigenvalue weighted by atomic mass is 10.1. The van der Waals surface area contributed by atoms with Gasteiger partial charge in [-0.15, -0.1) is 0 Å². The van der Waals surface area contributed by atoms with Crippen LogP contribution < -0.4 is 10.6 Å². The molecule has 2 aromatic heterocycles. The topological polar surface area (TPSA) is 92.9 Å². The van der Waals surface area contributed by atoms with Gasteiger partial charge in [-0.3, -0.25) is 10.1 Å². The fourth-order valence-electron chi connectivity index (χ4n) is 3.26. The van der Waals surface area contributed by atoms with Crippen molar-refractivity contribution in [2.75, 3.05) is 5.32 Å². The summed E-state index contributed by atoms with van der Waals surface area (Å²) in [7, 11) is 0. The van der Waals surface area contributed by atoms with Crippen molar-refractivity contribution >= 4 is 62.8 Å². The molecule has 3 aromatic carbocycles. The Labute approximate surface area is 192 Å². The number of nitrogens with zero attached hydrogens (tertiary/aromatic N) is 3. The molecular formula is C23H17N5O2S2. The van der Waals surface area contributed by atoms with Crippen molar-refractivity contribution in [3.63, 3.8) is 0 Å². The van der Waals surface area contributed by atoms with Crippen molar-refractivity contribution in [1.29, 1.82) is 0 Å². The number of aryl methyl sites for hydroxylation is 2. The third kappa shape index (κ3) is 3.95. The maximum atomic E-state index is 12.5. The minimum atomic E-state index is -0.322. The molecule has 0 saturated carbocycles. The van der Waals surface area contributed by atoms with E-state index in [1.54, 1.807) is 18.2 Å².